The van der Waals surface area contributed by atoms with E-state index in [0.29, 0.717) is 24.2 Å². The summed E-state index contributed by atoms with van der Waals surface area (Å²) in [7, 11) is 0. The van der Waals surface area contributed by atoms with Gasteiger partial charge in [0.2, 0.25) is 0 Å². The van der Waals surface area contributed by atoms with Crippen LogP contribution < -0.4 is 5.32 Å². The molecule has 0 bridgehead atoms. The zero-order valence-electron chi connectivity index (χ0n) is 21.8. The fourth-order valence-electron chi connectivity index (χ4n) is 5.95. The Hall–Kier alpha value is -1.22. The Morgan fingerprint density at radius 3 is 1.86 bits per heavy atom. The molecule has 0 amide bonds. The van der Waals surface area contributed by atoms with E-state index in [-0.39, 0.29) is 17.1 Å². The summed E-state index contributed by atoms with van der Waals surface area (Å²) < 4.78 is 4.83. The molecule has 4 aliphatic heterocycles. The van der Waals surface area contributed by atoms with Crippen LogP contribution in [-0.2, 0) is 17.1 Å². The standard InChI is InChI=1S/C14H20N3S.C14H19N3S.Fe/c2*1-18-17-11-16(10-12-6-4-5-9-15-12)13-7-2-3-8-14(13)17;/h4-6,9-11,13-15H,2-3,7-8H2,1H3;4-6,9-11,13-14H,2-3,7-8H2,1H3;/q-1;-2;+3/b2*12-10-;/t2*13-,14?;/m11./s1. The first-order valence-corrected chi connectivity index (χ1v) is 15.6. The van der Waals surface area contributed by atoms with Gasteiger partial charge in [0.05, 0.1) is 5.70 Å². The van der Waals surface area contributed by atoms with E-state index in [0.717, 1.165) is 5.70 Å². The first kappa shape index (κ1) is 28.8. The van der Waals surface area contributed by atoms with Crippen LogP contribution in [0.25, 0.3) is 5.32 Å². The van der Waals surface area contributed by atoms with Gasteiger partial charge in [-0.1, -0.05) is 50.0 Å². The van der Waals surface area contributed by atoms with Crippen LogP contribution >= 0.6 is 23.9 Å². The van der Waals surface area contributed by atoms with Crippen molar-refractivity contribution in [2.24, 2.45) is 0 Å². The first-order valence-electron chi connectivity index (χ1n) is 13.2. The van der Waals surface area contributed by atoms with Crippen LogP contribution in [0, 0.1) is 13.3 Å². The van der Waals surface area contributed by atoms with Crippen molar-refractivity contribution < 1.29 is 17.1 Å². The Labute approximate surface area is 243 Å². The summed E-state index contributed by atoms with van der Waals surface area (Å²) in [6, 6.07) is 2.65. The largest absolute Gasteiger partial charge is 3.00 e. The van der Waals surface area contributed by atoms with Gasteiger partial charge < -0.3 is 29.0 Å². The van der Waals surface area contributed by atoms with E-state index in [1.54, 1.807) is 0 Å². The third-order valence-electron chi connectivity index (χ3n) is 7.71. The Bertz CT molecular complexity index is 858. The SMILES string of the molecule is CSN1[CH-]N(/C=C2/C=CC=CN2)[C@@H]2CCCCC21.CSN1[CH-]N(/C=C2/C=CC=C[N-]2)[C@@H]2CCCCC21.[Fe+3]. The molecule has 0 spiro atoms. The van der Waals surface area contributed by atoms with Crippen LogP contribution in [0.2, 0.25) is 0 Å². The Balaban J connectivity index is 0.000000168. The number of hydrogen-bond donors (Lipinski definition) is 1. The maximum absolute atomic E-state index is 4.39. The molecule has 201 valence electrons. The van der Waals surface area contributed by atoms with Crippen molar-refractivity contribution in [3.63, 3.8) is 0 Å². The van der Waals surface area contributed by atoms with Crippen molar-refractivity contribution in [3.05, 3.63) is 91.3 Å². The van der Waals surface area contributed by atoms with Crippen LogP contribution in [0.3, 0.4) is 0 Å². The van der Waals surface area contributed by atoms with Gasteiger partial charge in [-0.15, -0.1) is 29.6 Å². The number of rotatable bonds is 4. The molecule has 2 unspecified atom stereocenters. The molecule has 0 aromatic heterocycles. The molecule has 6 rings (SSSR count). The number of fused-ring (bicyclic) bond motifs is 2. The number of dihydropyridines is 1. The van der Waals surface area contributed by atoms with Crippen LogP contribution in [0.15, 0.2) is 72.7 Å². The van der Waals surface area contributed by atoms with Crippen molar-refractivity contribution >= 4 is 23.9 Å². The van der Waals surface area contributed by atoms with E-state index in [4.69, 9.17) is 0 Å². The Morgan fingerprint density at radius 1 is 0.784 bits per heavy atom. The minimum Gasteiger partial charge on any atom is -0.663 e. The molecule has 0 aromatic rings. The van der Waals surface area contributed by atoms with Crippen molar-refractivity contribution in [2.45, 2.75) is 75.5 Å². The van der Waals surface area contributed by atoms with Gasteiger partial charge >= 0.3 is 17.1 Å². The smallest absolute Gasteiger partial charge is 0.663 e. The van der Waals surface area contributed by atoms with E-state index in [1.807, 2.05) is 54.5 Å². The molecule has 4 fully saturated rings. The van der Waals surface area contributed by atoms with Crippen molar-refractivity contribution in [1.29, 1.82) is 0 Å². The fraction of sp³-hybridized carbons (Fsp3) is 0.500. The minimum atomic E-state index is 0. The molecule has 6 aliphatic rings. The summed E-state index contributed by atoms with van der Waals surface area (Å²) in [4.78, 5) is 4.76. The molecule has 2 saturated carbocycles. The van der Waals surface area contributed by atoms with Gasteiger partial charge in [0.15, 0.2) is 0 Å². The minimum absolute atomic E-state index is 0. The summed E-state index contributed by atoms with van der Waals surface area (Å²) in [5, 5.41) is 7.67. The third kappa shape index (κ3) is 7.06. The molecule has 37 heavy (non-hydrogen) atoms. The van der Waals surface area contributed by atoms with Crippen LogP contribution in [0.4, 0.5) is 0 Å². The second-order valence-electron chi connectivity index (χ2n) is 9.88. The summed E-state index contributed by atoms with van der Waals surface area (Å²) in [5.74, 6) is 0. The summed E-state index contributed by atoms with van der Waals surface area (Å²) in [6.07, 6.45) is 35.5. The monoisotopic (exact) mass is 579 g/mol. The van der Waals surface area contributed by atoms with Gasteiger partial charge in [-0.25, -0.2) is 0 Å². The third-order valence-corrected chi connectivity index (χ3v) is 9.29. The van der Waals surface area contributed by atoms with Crippen molar-refractivity contribution in [1.82, 2.24) is 23.7 Å². The molecule has 1 N–H and O–H groups in total. The Kier molecular flexibility index (Phi) is 11.1. The van der Waals surface area contributed by atoms with Gasteiger partial charge in [0, 0.05) is 30.4 Å². The van der Waals surface area contributed by atoms with E-state index < -0.39 is 0 Å². The molecular weight excluding hydrogens is 540 g/mol. The average Bonchev–Trinajstić information content (AvgIpc) is 3.48. The average molecular weight is 580 g/mol. The van der Waals surface area contributed by atoms with Gasteiger partial charge in [-0.05, 0) is 62.7 Å². The molecule has 2 saturated heterocycles. The van der Waals surface area contributed by atoms with Crippen molar-refractivity contribution in [2.75, 3.05) is 12.5 Å². The number of nitrogens with zero attached hydrogens (tertiary/aromatic N) is 5. The summed E-state index contributed by atoms with van der Waals surface area (Å²) in [6.45, 7) is 4.52. The maximum Gasteiger partial charge on any atom is 3.00 e. The van der Waals surface area contributed by atoms with E-state index >= 15 is 0 Å². The van der Waals surface area contributed by atoms with E-state index in [9.17, 15) is 0 Å². The molecule has 9 heteroatoms. The zero-order valence-corrected chi connectivity index (χ0v) is 24.5. The predicted molar refractivity (Wildman–Crippen MR) is 154 cm³/mol. The van der Waals surface area contributed by atoms with E-state index in [2.05, 4.69) is 85.5 Å². The molecular formula is C28H39FeN6S2. The van der Waals surface area contributed by atoms with Gasteiger partial charge in [-0.3, -0.25) is 0 Å². The number of nitrogens with one attached hydrogen (secondary N) is 1. The summed E-state index contributed by atoms with van der Waals surface area (Å²) >= 11 is 3.67. The van der Waals surface area contributed by atoms with E-state index in [1.165, 1.54) is 57.1 Å². The first-order chi connectivity index (χ1) is 17.8. The molecule has 4 atom stereocenters. The van der Waals surface area contributed by atoms with Gasteiger partial charge in [0.1, 0.15) is 0 Å². The van der Waals surface area contributed by atoms with Gasteiger partial charge in [-0.2, -0.15) is 19.5 Å². The van der Waals surface area contributed by atoms with Crippen molar-refractivity contribution in [3.8, 4) is 0 Å². The normalized spacial score (nSPS) is 32.9. The topological polar surface area (TPSA) is 39.1 Å². The molecule has 4 heterocycles. The number of allylic oxidation sites excluding steroid dienone is 6. The molecule has 0 aromatic carbocycles. The molecule has 6 nitrogen and oxygen atoms in total. The maximum atomic E-state index is 4.39. The predicted octanol–water partition coefficient (Wildman–Crippen LogP) is 6.44. The van der Waals surface area contributed by atoms with Crippen LogP contribution in [-0.4, -0.2) is 55.1 Å². The summed E-state index contributed by atoms with van der Waals surface area (Å²) in [5.41, 5.74) is 2.21. The quantitative estimate of drug-likeness (QED) is 0.234. The fourth-order valence-corrected chi connectivity index (χ4v) is 7.39. The second-order valence-corrected chi connectivity index (χ2v) is 11.5. The zero-order chi connectivity index (χ0) is 24.7. The Morgan fingerprint density at radius 2 is 1.35 bits per heavy atom. The second kappa shape index (κ2) is 14.2. The van der Waals surface area contributed by atoms with Crippen LogP contribution in [0.5, 0.6) is 0 Å². The molecule has 1 radical (unpaired) electrons. The number of hydrogen-bond acceptors (Lipinski definition) is 7. The van der Waals surface area contributed by atoms with Crippen LogP contribution in [0.1, 0.15) is 51.4 Å². The molecule has 2 aliphatic carbocycles. The van der Waals surface area contributed by atoms with Gasteiger partial charge in [0.25, 0.3) is 0 Å².